The lowest BCUT2D eigenvalue weighted by molar-refractivity contribution is -0.0734. The van der Waals surface area contributed by atoms with Crippen molar-refractivity contribution in [3.8, 4) is 0 Å². The fourth-order valence-electron chi connectivity index (χ4n) is 6.11. The molecule has 1 unspecified atom stereocenters. The molecular formula is C19H28N2. The molecule has 4 aliphatic carbocycles. The Morgan fingerprint density at radius 1 is 1.19 bits per heavy atom. The normalized spacial score (nSPS) is 38.6. The molecule has 4 saturated carbocycles. The van der Waals surface area contributed by atoms with E-state index in [2.05, 4.69) is 35.6 Å². The number of likely N-dealkylation sites (N-methyl/N-ethyl adjacent to an activating group) is 1. The fourth-order valence-corrected chi connectivity index (χ4v) is 6.11. The molecule has 2 heteroatoms. The van der Waals surface area contributed by atoms with Gasteiger partial charge >= 0.3 is 0 Å². The lowest BCUT2D eigenvalue weighted by Gasteiger charge is -2.59. The Balaban J connectivity index is 1.58. The lowest BCUT2D eigenvalue weighted by atomic mass is 9.47. The van der Waals surface area contributed by atoms with Crippen LogP contribution in [-0.4, -0.2) is 17.6 Å². The van der Waals surface area contributed by atoms with Crippen LogP contribution in [0.15, 0.2) is 24.5 Å². The molecule has 0 aromatic carbocycles. The average molecular weight is 284 g/mol. The van der Waals surface area contributed by atoms with Gasteiger partial charge in [-0.3, -0.25) is 4.98 Å². The molecule has 4 bridgehead atoms. The molecule has 5 rings (SSSR count). The summed E-state index contributed by atoms with van der Waals surface area (Å²) in [5.41, 5.74) is 1.99. The van der Waals surface area contributed by atoms with Gasteiger partial charge in [0.1, 0.15) is 0 Å². The van der Waals surface area contributed by atoms with E-state index < -0.39 is 0 Å². The summed E-state index contributed by atoms with van der Waals surface area (Å²) in [6.07, 6.45) is 14.2. The average Bonchev–Trinajstić information content (AvgIpc) is 2.46. The van der Waals surface area contributed by atoms with Crippen molar-refractivity contribution in [3.63, 3.8) is 0 Å². The van der Waals surface area contributed by atoms with Gasteiger partial charge in [-0.2, -0.15) is 0 Å². The summed E-state index contributed by atoms with van der Waals surface area (Å²) in [5.74, 6) is 3.10. The van der Waals surface area contributed by atoms with E-state index in [0.29, 0.717) is 11.5 Å². The van der Waals surface area contributed by atoms with Crippen LogP contribution < -0.4 is 5.32 Å². The molecule has 21 heavy (non-hydrogen) atoms. The van der Waals surface area contributed by atoms with Crippen LogP contribution in [0.2, 0.25) is 0 Å². The van der Waals surface area contributed by atoms with E-state index in [-0.39, 0.29) is 0 Å². The van der Waals surface area contributed by atoms with Gasteiger partial charge < -0.3 is 5.32 Å². The number of hydrogen-bond acceptors (Lipinski definition) is 2. The Labute approximate surface area is 128 Å². The third-order valence-corrected chi connectivity index (χ3v) is 6.44. The first-order chi connectivity index (χ1) is 10.3. The van der Waals surface area contributed by atoms with E-state index in [1.165, 1.54) is 44.1 Å². The van der Waals surface area contributed by atoms with Crippen LogP contribution in [0.5, 0.6) is 0 Å². The van der Waals surface area contributed by atoms with E-state index in [1.54, 1.807) is 0 Å². The van der Waals surface area contributed by atoms with Crippen molar-refractivity contribution < 1.29 is 0 Å². The van der Waals surface area contributed by atoms with E-state index in [9.17, 15) is 0 Å². The van der Waals surface area contributed by atoms with Gasteiger partial charge in [-0.25, -0.2) is 0 Å². The minimum absolute atomic E-state index is 0.584. The highest BCUT2D eigenvalue weighted by Crippen LogP contribution is 2.61. The molecule has 0 amide bonds. The van der Waals surface area contributed by atoms with Gasteiger partial charge in [0.25, 0.3) is 0 Å². The molecule has 1 N–H and O–H groups in total. The molecule has 1 aromatic heterocycles. The van der Waals surface area contributed by atoms with Crippen molar-refractivity contribution in [1.82, 2.24) is 10.3 Å². The monoisotopic (exact) mass is 284 g/mol. The van der Waals surface area contributed by atoms with Gasteiger partial charge in [-0.05, 0) is 86.3 Å². The highest BCUT2D eigenvalue weighted by Gasteiger charge is 2.53. The Morgan fingerprint density at radius 2 is 1.86 bits per heavy atom. The number of pyridine rings is 1. The van der Waals surface area contributed by atoms with Gasteiger partial charge in [0.15, 0.2) is 0 Å². The van der Waals surface area contributed by atoms with Gasteiger partial charge in [0, 0.05) is 18.4 Å². The van der Waals surface area contributed by atoms with Crippen LogP contribution in [0, 0.1) is 23.2 Å². The minimum Gasteiger partial charge on any atom is -0.313 e. The molecule has 0 saturated heterocycles. The van der Waals surface area contributed by atoms with Crippen molar-refractivity contribution in [3.05, 3.63) is 30.1 Å². The van der Waals surface area contributed by atoms with E-state index in [0.717, 1.165) is 30.7 Å². The second-order valence-corrected chi connectivity index (χ2v) is 7.96. The first kappa shape index (κ1) is 13.8. The quantitative estimate of drug-likeness (QED) is 0.889. The van der Waals surface area contributed by atoms with E-state index in [4.69, 9.17) is 0 Å². The molecular weight excluding hydrogens is 256 g/mol. The first-order valence-corrected chi connectivity index (χ1v) is 8.90. The van der Waals surface area contributed by atoms with E-state index >= 15 is 0 Å². The van der Waals surface area contributed by atoms with Crippen LogP contribution in [0.25, 0.3) is 0 Å². The molecule has 4 fully saturated rings. The molecule has 4 aliphatic rings. The number of hydrogen-bond donors (Lipinski definition) is 1. The summed E-state index contributed by atoms with van der Waals surface area (Å²) < 4.78 is 0. The van der Waals surface area contributed by atoms with Gasteiger partial charge in [0.05, 0.1) is 0 Å². The molecule has 0 spiro atoms. The van der Waals surface area contributed by atoms with Crippen LogP contribution in [0.1, 0.15) is 51.0 Å². The summed E-state index contributed by atoms with van der Waals surface area (Å²) in [6, 6.07) is 4.98. The van der Waals surface area contributed by atoms with Crippen LogP contribution in [-0.2, 0) is 6.42 Å². The molecule has 0 radical (unpaired) electrons. The molecule has 2 nitrogen and oxygen atoms in total. The Kier molecular flexibility index (Phi) is 3.53. The van der Waals surface area contributed by atoms with Crippen molar-refractivity contribution in [1.29, 1.82) is 0 Å². The first-order valence-electron chi connectivity index (χ1n) is 8.90. The third kappa shape index (κ3) is 2.52. The van der Waals surface area contributed by atoms with Gasteiger partial charge in [-0.1, -0.05) is 13.0 Å². The van der Waals surface area contributed by atoms with Crippen molar-refractivity contribution in [2.24, 2.45) is 23.2 Å². The maximum absolute atomic E-state index is 4.32. The summed E-state index contributed by atoms with van der Waals surface area (Å²) in [7, 11) is 0. The smallest absolute Gasteiger partial charge is 0.0300 e. The molecule has 1 heterocycles. The molecule has 114 valence electrons. The largest absolute Gasteiger partial charge is 0.313 e. The number of rotatable bonds is 5. The fraction of sp³-hybridized carbons (Fsp3) is 0.737. The Morgan fingerprint density at radius 3 is 2.38 bits per heavy atom. The highest BCUT2D eigenvalue weighted by molar-refractivity contribution is 5.14. The summed E-state index contributed by atoms with van der Waals surface area (Å²) in [4.78, 5) is 4.32. The molecule has 0 aliphatic heterocycles. The third-order valence-electron chi connectivity index (χ3n) is 6.44. The maximum Gasteiger partial charge on any atom is 0.0300 e. The van der Waals surface area contributed by atoms with Crippen LogP contribution >= 0.6 is 0 Å². The van der Waals surface area contributed by atoms with Crippen molar-refractivity contribution in [2.45, 2.75) is 57.9 Å². The number of aromatic nitrogens is 1. The minimum atomic E-state index is 0.584. The standard InChI is InChI=1S/C19H28N2/c1-2-21-18(9-14-4-3-5-20-13-14)19-10-15-6-16(11-19)8-17(7-15)12-19/h3-5,13,15-18,21H,2,6-12H2,1H3. The van der Waals surface area contributed by atoms with E-state index in [1.807, 2.05) is 6.20 Å². The second kappa shape index (κ2) is 5.39. The second-order valence-electron chi connectivity index (χ2n) is 7.96. The SMILES string of the molecule is CCNC(Cc1cccnc1)C12CC3CC(CC(C3)C1)C2. The van der Waals surface area contributed by atoms with Crippen molar-refractivity contribution in [2.75, 3.05) is 6.54 Å². The Bertz CT molecular complexity index is 446. The van der Waals surface area contributed by atoms with Gasteiger partial charge in [-0.15, -0.1) is 0 Å². The molecule has 1 atom stereocenters. The zero-order valence-electron chi connectivity index (χ0n) is 13.2. The lowest BCUT2D eigenvalue weighted by Crippen LogP contribution is -2.56. The van der Waals surface area contributed by atoms with Crippen LogP contribution in [0.4, 0.5) is 0 Å². The topological polar surface area (TPSA) is 24.9 Å². The van der Waals surface area contributed by atoms with Gasteiger partial charge in [0.2, 0.25) is 0 Å². The predicted molar refractivity (Wildman–Crippen MR) is 86.0 cm³/mol. The summed E-state index contributed by atoms with van der Waals surface area (Å²) in [5, 5.41) is 3.86. The molecule has 1 aromatic rings. The van der Waals surface area contributed by atoms with Crippen molar-refractivity contribution >= 4 is 0 Å². The van der Waals surface area contributed by atoms with Crippen LogP contribution in [0.3, 0.4) is 0 Å². The predicted octanol–water partition coefficient (Wildman–Crippen LogP) is 3.82. The maximum atomic E-state index is 4.32. The number of nitrogens with zero attached hydrogens (tertiary/aromatic N) is 1. The zero-order chi connectivity index (χ0) is 14.3. The highest BCUT2D eigenvalue weighted by atomic mass is 14.9. The number of nitrogens with one attached hydrogen (secondary N) is 1. The summed E-state index contributed by atoms with van der Waals surface area (Å²) in [6.45, 7) is 3.35. The summed E-state index contributed by atoms with van der Waals surface area (Å²) >= 11 is 0. The Hall–Kier alpha value is -0.890. The zero-order valence-corrected chi connectivity index (χ0v) is 13.2.